The van der Waals surface area contributed by atoms with Crippen molar-refractivity contribution in [2.75, 3.05) is 58.3 Å². The van der Waals surface area contributed by atoms with Crippen molar-refractivity contribution in [2.45, 2.75) is 50.7 Å². The number of methoxy groups -OCH3 is 1. The lowest BCUT2D eigenvalue weighted by atomic mass is 9.99. The second-order valence-corrected chi connectivity index (χ2v) is 11.0. The normalized spacial score (nSPS) is 25.2. The van der Waals surface area contributed by atoms with Crippen LogP contribution in [0.3, 0.4) is 0 Å². The SMILES string of the molecule is COc1ccccc1OCC(O)CN1CCN(CC(=O)Nc2c(C)ccc(OC3O[C@H](C(=O)O)[C@@H](O)[C@H](O)[C@H]3O)c2C)CC1. The Bertz CT molecular complexity index is 1290. The summed E-state index contributed by atoms with van der Waals surface area (Å²) in [5.41, 5.74) is 1.75. The topological polar surface area (TPSA) is 191 Å². The van der Waals surface area contributed by atoms with Gasteiger partial charge < -0.3 is 49.8 Å². The summed E-state index contributed by atoms with van der Waals surface area (Å²) in [6.45, 7) is 6.79. The van der Waals surface area contributed by atoms with E-state index in [9.17, 15) is 35.1 Å². The van der Waals surface area contributed by atoms with Crippen molar-refractivity contribution in [1.29, 1.82) is 0 Å². The molecule has 2 aromatic carbocycles. The monoisotopic (exact) mass is 619 g/mol. The van der Waals surface area contributed by atoms with Crippen LogP contribution in [0.15, 0.2) is 36.4 Å². The number of carboxylic acids is 1. The number of nitrogens with one attached hydrogen (secondary N) is 1. The number of rotatable bonds is 12. The molecule has 2 heterocycles. The van der Waals surface area contributed by atoms with Crippen molar-refractivity contribution in [3.63, 3.8) is 0 Å². The first kappa shape index (κ1) is 33.4. The van der Waals surface area contributed by atoms with E-state index in [4.69, 9.17) is 18.9 Å². The molecule has 44 heavy (non-hydrogen) atoms. The molecular weight excluding hydrogens is 578 g/mol. The van der Waals surface area contributed by atoms with Crippen LogP contribution in [0, 0.1) is 13.8 Å². The van der Waals surface area contributed by atoms with Gasteiger partial charge in [0.05, 0.1) is 19.3 Å². The number of aliphatic hydroxyl groups excluding tert-OH is 4. The van der Waals surface area contributed by atoms with E-state index in [1.165, 1.54) is 0 Å². The van der Waals surface area contributed by atoms with Gasteiger partial charge in [0.2, 0.25) is 12.2 Å². The largest absolute Gasteiger partial charge is 0.493 e. The van der Waals surface area contributed by atoms with Crippen LogP contribution in [0.2, 0.25) is 0 Å². The van der Waals surface area contributed by atoms with Crippen molar-refractivity contribution in [3.8, 4) is 17.2 Å². The fraction of sp³-hybridized carbons (Fsp3) is 0.533. The van der Waals surface area contributed by atoms with E-state index in [1.54, 1.807) is 45.2 Å². The van der Waals surface area contributed by atoms with Gasteiger partial charge in [0, 0.05) is 38.3 Å². The molecule has 6 N–H and O–H groups in total. The summed E-state index contributed by atoms with van der Waals surface area (Å²) in [5.74, 6) is -0.392. The molecule has 14 heteroatoms. The highest BCUT2D eigenvalue weighted by atomic mass is 16.7. The average molecular weight is 620 g/mol. The first-order chi connectivity index (χ1) is 21.0. The molecule has 4 rings (SSSR count). The number of hydrogen-bond donors (Lipinski definition) is 6. The Hall–Kier alpha value is -3.50. The molecule has 2 saturated heterocycles. The summed E-state index contributed by atoms with van der Waals surface area (Å²) in [7, 11) is 1.56. The number of aliphatic carboxylic acids is 1. The van der Waals surface area contributed by atoms with Gasteiger partial charge in [-0.1, -0.05) is 18.2 Å². The number of carboxylic acid groups (broad SMARTS) is 1. The number of benzene rings is 2. The van der Waals surface area contributed by atoms with E-state index < -0.39 is 42.8 Å². The first-order valence-electron chi connectivity index (χ1n) is 14.4. The number of β-amino-alcohol motifs (C(OH)–C–C–N with tert-alkyl or cyclic N) is 1. The maximum atomic E-state index is 13.0. The van der Waals surface area contributed by atoms with Crippen LogP contribution >= 0.6 is 0 Å². The lowest BCUT2D eigenvalue weighted by molar-refractivity contribution is -0.271. The molecule has 0 aliphatic carbocycles. The molecule has 242 valence electrons. The molecular formula is C30H41N3O11. The number of aliphatic hydroxyl groups is 4. The molecule has 2 fully saturated rings. The van der Waals surface area contributed by atoms with Crippen molar-refractivity contribution in [1.82, 2.24) is 9.80 Å². The average Bonchev–Trinajstić information content (AvgIpc) is 3.00. The summed E-state index contributed by atoms with van der Waals surface area (Å²) >= 11 is 0. The number of ether oxygens (including phenoxy) is 4. The predicted octanol–water partition coefficient (Wildman–Crippen LogP) is -0.421. The highest BCUT2D eigenvalue weighted by Crippen LogP contribution is 2.32. The molecule has 2 aliphatic heterocycles. The maximum Gasteiger partial charge on any atom is 0.335 e. The molecule has 0 saturated carbocycles. The molecule has 14 nitrogen and oxygen atoms in total. The number of para-hydroxylation sites is 2. The Labute approximate surface area is 255 Å². The number of hydrogen-bond acceptors (Lipinski definition) is 12. The Morgan fingerprint density at radius 1 is 0.955 bits per heavy atom. The number of carbonyl (C=O) groups excluding carboxylic acids is 1. The third kappa shape index (κ3) is 8.15. The molecule has 0 spiro atoms. The number of amides is 1. The Morgan fingerprint density at radius 2 is 1.61 bits per heavy atom. The second kappa shape index (κ2) is 15.0. The first-order valence-corrected chi connectivity index (χ1v) is 14.4. The van der Waals surface area contributed by atoms with Gasteiger partial charge in [-0.15, -0.1) is 0 Å². The van der Waals surface area contributed by atoms with Crippen LogP contribution in [0.5, 0.6) is 17.2 Å². The van der Waals surface area contributed by atoms with Gasteiger partial charge in [-0.25, -0.2) is 4.79 Å². The highest BCUT2D eigenvalue weighted by molar-refractivity contribution is 5.94. The minimum Gasteiger partial charge on any atom is -0.493 e. The van der Waals surface area contributed by atoms with E-state index >= 15 is 0 Å². The van der Waals surface area contributed by atoms with Crippen molar-refractivity contribution >= 4 is 17.6 Å². The lowest BCUT2D eigenvalue weighted by Gasteiger charge is -2.38. The van der Waals surface area contributed by atoms with Crippen LogP contribution < -0.4 is 19.5 Å². The molecule has 0 radical (unpaired) electrons. The second-order valence-electron chi connectivity index (χ2n) is 11.0. The van der Waals surface area contributed by atoms with E-state index in [-0.39, 0.29) is 24.8 Å². The number of piperazine rings is 1. The third-order valence-electron chi connectivity index (χ3n) is 7.75. The third-order valence-corrected chi connectivity index (χ3v) is 7.75. The molecule has 0 bridgehead atoms. The van der Waals surface area contributed by atoms with Gasteiger partial charge in [-0.3, -0.25) is 14.6 Å². The van der Waals surface area contributed by atoms with Crippen molar-refractivity contribution in [3.05, 3.63) is 47.5 Å². The van der Waals surface area contributed by atoms with Crippen LogP contribution in [0.1, 0.15) is 11.1 Å². The molecule has 2 aliphatic rings. The van der Waals surface area contributed by atoms with Gasteiger partial charge in [0.15, 0.2) is 17.6 Å². The Morgan fingerprint density at radius 3 is 2.27 bits per heavy atom. The summed E-state index contributed by atoms with van der Waals surface area (Å²) < 4.78 is 21.9. The van der Waals surface area contributed by atoms with Crippen LogP contribution in [0.25, 0.3) is 0 Å². The van der Waals surface area contributed by atoms with Crippen LogP contribution in [-0.4, -0.2) is 137 Å². The Balaban J connectivity index is 1.26. The number of carbonyl (C=O) groups is 2. The van der Waals surface area contributed by atoms with Gasteiger partial charge >= 0.3 is 5.97 Å². The Kier molecular flexibility index (Phi) is 11.4. The number of anilines is 1. The molecule has 0 aromatic heterocycles. The van der Waals surface area contributed by atoms with E-state index in [2.05, 4.69) is 10.2 Å². The maximum absolute atomic E-state index is 13.0. The fourth-order valence-electron chi connectivity index (χ4n) is 5.21. The van der Waals surface area contributed by atoms with Crippen molar-refractivity contribution in [2.24, 2.45) is 0 Å². The fourth-order valence-corrected chi connectivity index (χ4v) is 5.21. The van der Waals surface area contributed by atoms with Gasteiger partial charge in [0.1, 0.15) is 36.8 Å². The summed E-state index contributed by atoms with van der Waals surface area (Å²) in [6, 6.07) is 10.5. The zero-order valence-corrected chi connectivity index (χ0v) is 25.0. The van der Waals surface area contributed by atoms with Crippen LogP contribution in [0.4, 0.5) is 5.69 Å². The predicted molar refractivity (Wildman–Crippen MR) is 157 cm³/mol. The van der Waals surface area contributed by atoms with Crippen molar-refractivity contribution < 1.29 is 54.1 Å². The number of nitrogens with zero attached hydrogens (tertiary/aromatic N) is 2. The van der Waals surface area contributed by atoms with Gasteiger partial charge in [0.25, 0.3) is 0 Å². The van der Waals surface area contributed by atoms with E-state index in [1.807, 2.05) is 17.0 Å². The summed E-state index contributed by atoms with van der Waals surface area (Å²) in [6.07, 6.45) is -9.39. The van der Waals surface area contributed by atoms with E-state index in [0.717, 1.165) is 5.56 Å². The number of aryl methyl sites for hydroxylation is 1. The van der Waals surface area contributed by atoms with Gasteiger partial charge in [-0.05, 0) is 37.6 Å². The zero-order chi connectivity index (χ0) is 32.0. The minimum absolute atomic E-state index is 0.124. The smallest absolute Gasteiger partial charge is 0.335 e. The molecule has 2 aromatic rings. The molecule has 1 amide bonds. The minimum atomic E-state index is -1.83. The van der Waals surface area contributed by atoms with Crippen LogP contribution in [-0.2, 0) is 14.3 Å². The molecule has 6 atom stereocenters. The summed E-state index contributed by atoms with van der Waals surface area (Å²) in [5, 5.41) is 53.0. The molecule has 2 unspecified atom stereocenters. The highest BCUT2D eigenvalue weighted by Gasteiger charge is 2.48. The zero-order valence-electron chi connectivity index (χ0n) is 25.0. The van der Waals surface area contributed by atoms with E-state index in [0.29, 0.717) is 55.5 Å². The van der Waals surface area contributed by atoms with Gasteiger partial charge in [-0.2, -0.15) is 0 Å². The quantitative estimate of drug-likeness (QED) is 0.180. The summed E-state index contributed by atoms with van der Waals surface area (Å²) in [4.78, 5) is 28.6. The standard InChI is InChI=1S/C30H41N3O11/c1-17-8-9-20(43-30-27(38)25(36)26(37)28(44-30)29(39)40)18(2)24(17)31-23(35)15-33-12-10-32(11-13-33)14-19(34)16-42-22-7-5-4-6-21(22)41-3/h4-9,19,25-28,30,34,36-38H,10-16H2,1-3H3,(H,31,35)(H,39,40)/t19?,25-,26-,27+,28-,30?/m0/s1. The lowest BCUT2D eigenvalue weighted by Crippen LogP contribution is -2.61.